The highest BCUT2D eigenvalue weighted by atomic mass is 16.5. The zero-order chi connectivity index (χ0) is 19.9. The Bertz CT molecular complexity index is 947. The lowest BCUT2D eigenvalue weighted by atomic mass is 10.2. The SMILES string of the molecule is COc1cccc(Nc2cc(C(=O)N(C)CCc3ccncc3)nc(C)n2)c1. The first kappa shape index (κ1) is 19.3. The van der Waals surface area contributed by atoms with Crippen molar-refractivity contribution in [2.75, 3.05) is 26.0 Å². The molecule has 0 aliphatic carbocycles. The fourth-order valence-corrected chi connectivity index (χ4v) is 2.73. The number of anilines is 2. The number of hydrogen-bond donors (Lipinski definition) is 1. The number of carbonyl (C=O) groups excluding carboxylic acids is 1. The van der Waals surface area contributed by atoms with Gasteiger partial charge in [0.05, 0.1) is 7.11 Å². The van der Waals surface area contributed by atoms with Gasteiger partial charge in [-0.1, -0.05) is 6.07 Å². The molecule has 1 N–H and O–H groups in total. The minimum atomic E-state index is -0.145. The van der Waals surface area contributed by atoms with E-state index in [9.17, 15) is 4.79 Å². The highest BCUT2D eigenvalue weighted by molar-refractivity contribution is 5.93. The van der Waals surface area contributed by atoms with Gasteiger partial charge in [0.2, 0.25) is 0 Å². The van der Waals surface area contributed by atoms with Crippen molar-refractivity contribution in [1.29, 1.82) is 0 Å². The van der Waals surface area contributed by atoms with E-state index in [1.54, 1.807) is 44.4 Å². The maximum Gasteiger partial charge on any atom is 0.272 e. The van der Waals surface area contributed by atoms with Crippen molar-refractivity contribution in [1.82, 2.24) is 19.9 Å². The number of benzene rings is 1. The van der Waals surface area contributed by atoms with Crippen LogP contribution < -0.4 is 10.1 Å². The third kappa shape index (κ3) is 5.03. The summed E-state index contributed by atoms with van der Waals surface area (Å²) in [6.07, 6.45) is 4.26. The molecule has 144 valence electrons. The molecular weight excluding hydrogens is 354 g/mol. The second-order valence-corrected chi connectivity index (χ2v) is 6.37. The van der Waals surface area contributed by atoms with Gasteiger partial charge < -0.3 is 15.0 Å². The number of carbonyl (C=O) groups is 1. The lowest BCUT2D eigenvalue weighted by Gasteiger charge is -2.17. The molecule has 7 nitrogen and oxygen atoms in total. The molecule has 0 spiro atoms. The Kier molecular flexibility index (Phi) is 6.16. The standard InChI is InChI=1S/C21H23N5O2/c1-15-23-19(21(27)26(2)12-9-16-7-10-22-11-8-16)14-20(24-15)25-17-5-4-6-18(13-17)28-3/h4-8,10-11,13-14H,9,12H2,1-3H3,(H,23,24,25). The van der Waals surface area contributed by atoms with Crippen LogP contribution in [0.4, 0.5) is 11.5 Å². The number of rotatable bonds is 7. The summed E-state index contributed by atoms with van der Waals surface area (Å²) in [4.78, 5) is 27.2. The van der Waals surface area contributed by atoms with Gasteiger partial charge in [0, 0.05) is 43.8 Å². The minimum absolute atomic E-state index is 0.145. The Morgan fingerprint density at radius 1 is 1.14 bits per heavy atom. The number of nitrogens with zero attached hydrogens (tertiary/aromatic N) is 4. The number of pyridine rings is 1. The lowest BCUT2D eigenvalue weighted by Crippen LogP contribution is -2.30. The number of aryl methyl sites for hydroxylation is 1. The summed E-state index contributed by atoms with van der Waals surface area (Å²) in [5.74, 6) is 1.68. The number of amides is 1. The molecule has 3 aromatic rings. The number of nitrogens with one attached hydrogen (secondary N) is 1. The smallest absolute Gasteiger partial charge is 0.272 e. The van der Waals surface area contributed by atoms with E-state index < -0.39 is 0 Å². The van der Waals surface area contributed by atoms with Crippen LogP contribution in [0.25, 0.3) is 0 Å². The van der Waals surface area contributed by atoms with E-state index in [-0.39, 0.29) is 5.91 Å². The van der Waals surface area contributed by atoms with Crippen LogP contribution in [-0.4, -0.2) is 46.5 Å². The van der Waals surface area contributed by atoms with Crippen molar-refractivity contribution in [2.24, 2.45) is 0 Å². The zero-order valence-electron chi connectivity index (χ0n) is 16.2. The van der Waals surface area contributed by atoms with Gasteiger partial charge in [-0.05, 0) is 43.2 Å². The van der Waals surface area contributed by atoms with Crippen molar-refractivity contribution in [3.63, 3.8) is 0 Å². The quantitative estimate of drug-likeness (QED) is 0.681. The number of aromatic nitrogens is 3. The van der Waals surface area contributed by atoms with Crippen molar-refractivity contribution in [3.8, 4) is 5.75 Å². The number of methoxy groups -OCH3 is 1. The Labute approximate surface area is 164 Å². The molecule has 0 bridgehead atoms. The molecule has 0 aliphatic heterocycles. The van der Waals surface area contributed by atoms with Crippen LogP contribution in [0, 0.1) is 6.92 Å². The van der Waals surface area contributed by atoms with Gasteiger partial charge >= 0.3 is 0 Å². The zero-order valence-corrected chi connectivity index (χ0v) is 16.2. The van der Waals surface area contributed by atoms with Crippen LogP contribution in [0.2, 0.25) is 0 Å². The molecule has 0 saturated carbocycles. The van der Waals surface area contributed by atoms with Gasteiger partial charge in [0.1, 0.15) is 23.1 Å². The number of ether oxygens (including phenoxy) is 1. The van der Waals surface area contributed by atoms with Gasteiger partial charge in [-0.2, -0.15) is 0 Å². The maximum absolute atomic E-state index is 12.8. The highest BCUT2D eigenvalue weighted by Gasteiger charge is 2.15. The summed E-state index contributed by atoms with van der Waals surface area (Å²) in [5, 5.41) is 3.20. The third-order valence-corrected chi connectivity index (χ3v) is 4.23. The van der Waals surface area contributed by atoms with Crippen LogP contribution in [-0.2, 0) is 6.42 Å². The van der Waals surface area contributed by atoms with Crippen molar-refractivity contribution in [2.45, 2.75) is 13.3 Å². The molecule has 7 heteroatoms. The average Bonchev–Trinajstić information content (AvgIpc) is 2.72. The normalized spacial score (nSPS) is 10.4. The second-order valence-electron chi connectivity index (χ2n) is 6.37. The van der Waals surface area contributed by atoms with Crippen molar-refractivity contribution < 1.29 is 9.53 Å². The Hall–Kier alpha value is -3.48. The van der Waals surface area contributed by atoms with E-state index in [2.05, 4.69) is 20.3 Å². The summed E-state index contributed by atoms with van der Waals surface area (Å²) in [6.45, 7) is 2.36. The molecule has 1 amide bonds. The molecule has 0 aliphatic rings. The predicted molar refractivity (Wildman–Crippen MR) is 108 cm³/mol. The molecule has 1 aromatic carbocycles. The van der Waals surface area contributed by atoms with E-state index in [0.29, 0.717) is 23.9 Å². The second kappa shape index (κ2) is 8.94. The fraction of sp³-hybridized carbons (Fsp3) is 0.238. The molecule has 0 unspecified atom stereocenters. The van der Waals surface area contributed by atoms with E-state index in [1.165, 1.54) is 0 Å². The third-order valence-electron chi connectivity index (χ3n) is 4.23. The number of hydrogen-bond acceptors (Lipinski definition) is 6. The summed E-state index contributed by atoms with van der Waals surface area (Å²) < 4.78 is 5.24. The molecule has 0 fully saturated rings. The molecule has 2 aromatic heterocycles. The molecule has 0 saturated heterocycles. The Balaban J connectivity index is 1.71. The van der Waals surface area contributed by atoms with E-state index in [4.69, 9.17) is 4.74 Å². The van der Waals surface area contributed by atoms with E-state index in [0.717, 1.165) is 23.4 Å². The van der Waals surface area contributed by atoms with E-state index >= 15 is 0 Å². The molecular formula is C21H23N5O2. The molecule has 3 rings (SSSR count). The predicted octanol–water partition coefficient (Wildman–Crippen LogP) is 3.25. The molecule has 0 atom stereocenters. The van der Waals surface area contributed by atoms with E-state index in [1.807, 2.05) is 36.4 Å². The van der Waals surface area contributed by atoms with Gasteiger partial charge in [-0.25, -0.2) is 9.97 Å². The maximum atomic E-state index is 12.8. The van der Waals surface area contributed by atoms with Crippen LogP contribution in [0.15, 0.2) is 54.9 Å². The van der Waals surface area contributed by atoms with Crippen molar-refractivity contribution in [3.05, 3.63) is 71.9 Å². The van der Waals surface area contributed by atoms with Gasteiger partial charge in [0.25, 0.3) is 5.91 Å². The average molecular weight is 377 g/mol. The Morgan fingerprint density at radius 3 is 2.68 bits per heavy atom. The van der Waals surface area contributed by atoms with Crippen LogP contribution in [0.5, 0.6) is 5.75 Å². The summed E-state index contributed by atoms with van der Waals surface area (Å²) in [5.41, 5.74) is 2.31. The summed E-state index contributed by atoms with van der Waals surface area (Å²) in [6, 6.07) is 13.1. The topological polar surface area (TPSA) is 80.2 Å². The van der Waals surface area contributed by atoms with Crippen LogP contribution in [0.1, 0.15) is 21.9 Å². The van der Waals surface area contributed by atoms with Crippen LogP contribution >= 0.6 is 0 Å². The monoisotopic (exact) mass is 377 g/mol. The molecule has 2 heterocycles. The molecule has 0 radical (unpaired) electrons. The van der Waals surface area contributed by atoms with Gasteiger partial charge in [-0.3, -0.25) is 9.78 Å². The Morgan fingerprint density at radius 2 is 1.93 bits per heavy atom. The number of likely N-dealkylation sites (N-methyl/N-ethyl adjacent to an activating group) is 1. The summed E-state index contributed by atoms with van der Waals surface area (Å²) in [7, 11) is 3.39. The first-order chi connectivity index (χ1) is 13.5. The largest absolute Gasteiger partial charge is 0.497 e. The first-order valence-corrected chi connectivity index (χ1v) is 8.96. The lowest BCUT2D eigenvalue weighted by molar-refractivity contribution is 0.0790. The summed E-state index contributed by atoms with van der Waals surface area (Å²) >= 11 is 0. The first-order valence-electron chi connectivity index (χ1n) is 8.96. The van der Waals surface area contributed by atoms with Gasteiger partial charge in [-0.15, -0.1) is 0 Å². The minimum Gasteiger partial charge on any atom is -0.497 e. The van der Waals surface area contributed by atoms with Gasteiger partial charge in [0.15, 0.2) is 0 Å². The van der Waals surface area contributed by atoms with Crippen LogP contribution in [0.3, 0.4) is 0 Å². The molecule has 28 heavy (non-hydrogen) atoms. The highest BCUT2D eigenvalue weighted by Crippen LogP contribution is 2.21. The van der Waals surface area contributed by atoms with Crippen molar-refractivity contribution >= 4 is 17.4 Å². The fourth-order valence-electron chi connectivity index (χ4n) is 2.73.